The third-order valence-corrected chi connectivity index (χ3v) is 4.19. The fourth-order valence-electron chi connectivity index (χ4n) is 1.98. The molecule has 0 aromatic carbocycles. The molecule has 1 aliphatic rings. The molecule has 7 heteroatoms. The summed E-state index contributed by atoms with van der Waals surface area (Å²) in [5.74, 6) is 3.09. The van der Waals surface area contributed by atoms with Gasteiger partial charge in [0.2, 0.25) is 0 Å². The maximum absolute atomic E-state index is 5.65. The molecule has 0 unspecified atom stereocenters. The van der Waals surface area contributed by atoms with Crippen molar-refractivity contribution >= 4 is 11.8 Å². The minimum Gasteiger partial charge on any atom is -0.361 e. The molecular weight excluding hydrogens is 274 g/mol. The van der Waals surface area contributed by atoms with Gasteiger partial charge in [-0.2, -0.15) is 0 Å². The number of allylic oxidation sites excluding steroid dienone is 1. The minimum atomic E-state index is 0.372. The molecule has 20 heavy (non-hydrogen) atoms. The summed E-state index contributed by atoms with van der Waals surface area (Å²) >= 11 is 1.59. The van der Waals surface area contributed by atoms with Crippen molar-refractivity contribution in [2.45, 2.75) is 42.8 Å². The smallest absolute Gasteiger partial charge is 0.191 e. The lowest BCUT2D eigenvalue weighted by molar-refractivity contribution is 0.380. The van der Waals surface area contributed by atoms with Gasteiger partial charge in [0, 0.05) is 24.3 Å². The molecule has 0 radical (unpaired) electrons. The zero-order valence-corrected chi connectivity index (χ0v) is 12.0. The summed E-state index contributed by atoms with van der Waals surface area (Å²) in [6.45, 7) is 4.78. The molecule has 2 aromatic rings. The van der Waals surface area contributed by atoms with Crippen LogP contribution in [0.25, 0.3) is 0 Å². The van der Waals surface area contributed by atoms with Crippen molar-refractivity contribution in [2.75, 3.05) is 0 Å². The topological polar surface area (TPSA) is 82.8 Å². The van der Waals surface area contributed by atoms with E-state index in [0.29, 0.717) is 19.0 Å². The standard InChI is InChI=1S/C13H17N5OS/c1-2-5-18-12(7-14)15-16-13(18)20-8-10-6-11(19-17-10)9-3-4-9/h2,6,9H,1,3-5,7-8,14H2. The van der Waals surface area contributed by atoms with Gasteiger partial charge in [0.05, 0.1) is 12.2 Å². The molecule has 1 fully saturated rings. The van der Waals surface area contributed by atoms with E-state index in [4.69, 9.17) is 10.3 Å². The molecule has 0 amide bonds. The Morgan fingerprint density at radius 2 is 2.35 bits per heavy atom. The van der Waals surface area contributed by atoms with Gasteiger partial charge >= 0.3 is 0 Å². The summed E-state index contributed by atoms with van der Waals surface area (Å²) in [6, 6.07) is 2.04. The highest BCUT2D eigenvalue weighted by molar-refractivity contribution is 7.98. The van der Waals surface area contributed by atoms with E-state index in [1.165, 1.54) is 12.8 Å². The quantitative estimate of drug-likeness (QED) is 0.621. The second-order valence-corrected chi connectivity index (χ2v) is 5.73. The summed E-state index contributed by atoms with van der Waals surface area (Å²) in [6.07, 6.45) is 4.25. The SMILES string of the molecule is C=CCn1c(CN)nnc1SCc1cc(C2CC2)on1. The van der Waals surface area contributed by atoms with E-state index in [1.807, 2.05) is 16.7 Å². The predicted octanol–water partition coefficient (Wildman–Crippen LogP) is 2.08. The number of thioether (sulfide) groups is 1. The Bertz CT molecular complexity index is 602. The number of rotatable bonds is 7. The van der Waals surface area contributed by atoms with Gasteiger partial charge in [-0.15, -0.1) is 16.8 Å². The molecular formula is C13H17N5OS. The first-order valence-electron chi connectivity index (χ1n) is 6.63. The number of nitrogens with zero attached hydrogens (tertiary/aromatic N) is 4. The van der Waals surface area contributed by atoms with Crippen LogP contribution in [-0.2, 0) is 18.8 Å². The summed E-state index contributed by atoms with van der Waals surface area (Å²) < 4.78 is 7.31. The Balaban J connectivity index is 1.67. The fraction of sp³-hybridized carbons (Fsp3) is 0.462. The molecule has 106 valence electrons. The van der Waals surface area contributed by atoms with E-state index < -0.39 is 0 Å². The van der Waals surface area contributed by atoms with Crippen LogP contribution in [0, 0.1) is 0 Å². The summed E-state index contributed by atoms with van der Waals surface area (Å²) in [5, 5.41) is 13.2. The lowest BCUT2D eigenvalue weighted by atomic mass is 10.3. The van der Waals surface area contributed by atoms with Crippen LogP contribution >= 0.6 is 11.8 Å². The lowest BCUT2D eigenvalue weighted by Gasteiger charge is -2.04. The van der Waals surface area contributed by atoms with Crippen LogP contribution in [-0.4, -0.2) is 19.9 Å². The van der Waals surface area contributed by atoms with Crippen molar-refractivity contribution in [3.05, 3.63) is 36.0 Å². The molecule has 0 spiro atoms. The summed E-state index contributed by atoms with van der Waals surface area (Å²) in [7, 11) is 0. The molecule has 3 rings (SSSR count). The first-order valence-corrected chi connectivity index (χ1v) is 7.61. The van der Waals surface area contributed by atoms with Crippen molar-refractivity contribution in [3.63, 3.8) is 0 Å². The van der Waals surface area contributed by atoms with Crippen LogP contribution in [0.3, 0.4) is 0 Å². The Kier molecular flexibility index (Phi) is 3.88. The fourth-order valence-corrected chi connectivity index (χ4v) is 2.83. The Hall–Kier alpha value is -1.60. The van der Waals surface area contributed by atoms with Gasteiger partial charge in [0.15, 0.2) is 5.16 Å². The largest absolute Gasteiger partial charge is 0.361 e. The second kappa shape index (κ2) is 5.80. The van der Waals surface area contributed by atoms with E-state index in [2.05, 4.69) is 21.9 Å². The highest BCUT2D eigenvalue weighted by Gasteiger charge is 2.27. The van der Waals surface area contributed by atoms with Crippen LogP contribution in [0.5, 0.6) is 0 Å². The Labute approximate surface area is 121 Å². The normalized spacial score (nSPS) is 14.7. The van der Waals surface area contributed by atoms with Gasteiger partial charge in [-0.25, -0.2) is 0 Å². The maximum atomic E-state index is 5.65. The van der Waals surface area contributed by atoms with Crippen molar-refractivity contribution in [1.82, 2.24) is 19.9 Å². The molecule has 2 heterocycles. The van der Waals surface area contributed by atoms with Crippen LogP contribution in [0.1, 0.15) is 36.0 Å². The molecule has 0 bridgehead atoms. The molecule has 1 saturated carbocycles. The van der Waals surface area contributed by atoms with Crippen molar-refractivity contribution in [1.29, 1.82) is 0 Å². The monoisotopic (exact) mass is 291 g/mol. The first-order chi connectivity index (χ1) is 9.81. The van der Waals surface area contributed by atoms with Gasteiger partial charge in [0.25, 0.3) is 0 Å². The van der Waals surface area contributed by atoms with E-state index in [-0.39, 0.29) is 0 Å². The zero-order valence-electron chi connectivity index (χ0n) is 11.2. The predicted molar refractivity (Wildman–Crippen MR) is 76.1 cm³/mol. The van der Waals surface area contributed by atoms with Crippen molar-refractivity contribution < 1.29 is 4.52 Å². The Morgan fingerprint density at radius 1 is 1.50 bits per heavy atom. The second-order valence-electron chi connectivity index (χ2n) is 4.79. The van der Waals surface area contributed by atoms with Crippen molar-refractivity contribution in [3.8, 4) is 0 Å². The average Bonchev–Trinajstić information content (AvgIpc) is 3.08. The summed E-state index contributed by atoms with van der Waals surface area (Å²) in [5.41, 5.74) is 6.59. The molecule has 0 aliphatic heterocycles. The van der Waals surface area contributed by atoms with Crippen molar-refractivity contribution in [2.24, 2.45) is 5.73 Å². The highest BCUT2D eigenvalue weighted by Crippen LogP contribution is 2.40. The van der Waals surface area contributed by atoms with Gasteiger partial charge in [-0.3, -0.25) is 0 Å². The number of aromatic nitrogens is 4. The zero-order chi connectivity index (χ0) is 13.9. The molecule has 1 aliphatic carbocycles. The van der Waals surface area contributed by atoms with Crippen LogP contribution in [0.15, 0.2) is 28.4 Å². The van der Waals surface area contributed by atoms with Crippen LogP contribution in [0.4, 0.5) is 0 Å². The Morgan fingerprint density at radius 3 is 3.05 bits per heavy atom. The third-order valence-electron chi connectivity index (χ3n) is 3.19. The van der Waals surface area contributed by atoms with Gasteiger partial charge in [-0.1, -0.05) is 23.0 Å². The van der Waals surface area contributed by atoms with E-state index in [1.54, 1.807) is 11.8 Å². The van der Waals surface area contributed by atoms with Crippen LogP contribution < -0.4 is 5.73 Å². The maximum Gasteiger partial charge on any atom is 0.191 e. The first kappa shape index (κ1) is 13.4. The lowest BCUT2D eigenvalue weighted by Crippen LogP contribution is -2.08. The number of nitrogens with two attached hydrogens (primary N) is 1. The van der Waals surface area contributed by atoms with Gasteiger partial charge in [0.1, 0.15) is 11.6 Å². The number of hydrogen-bond donors (Lipinski definition) is 1. The molecule has 6 nitrogen and oxygen atoms in total. The average molecular weight is 291 g/mol. The van der Waals surface area contributed by atoms with E-state index in [0.717, 1.165) is 28.2 Å². The molecule has 2 N–H and O–H groups in total. The van der Waals surface area contributed by atoms with E-state index in [9.17, 15) is 0 Å². The molecule has 0 saturated heterocycles. The van der Waals surface area contributed by atoms with Crippen LogP contribution in [0.2, 0.25) is 0 Å². The minimum absolute atomic E-state index is 0.372. The van der Waals surface area contributed by atoms with Gasteiger partial charge in [-0.05, 0) is 12.8 Å². The highest BCUT2D eigenvalue weighted by atomic mass is 32.2. The molecule has 0 atom stereocenters. The third kappa shape index (κ3) is 2.78. The summed E-state index contributed by atoms with van der Waals surface area (Å²) in [4.78, 5) is 0. The van der Waals surface area contributed by atoms with Gasteiger partial charge < -0.3 is 14.8 Å². The number of hydrogen-bond acceptors (Lipinski definition) is 6. The van der Waals surface area contributed by atoms with E-state index >= 15 is 0 Å². The molecule has 2 aromatic heterocycles.